The predicted octanol–water partition coefficient (Wildman–Crippen LogP) is 1.46. The van der Waals surface area contributed by atoms with E-state index in [0.717, 1.165) is 4.90 Å². The van der Waals surface area contributed by atoms with Gasteiger partial charge in [0.05, 0.1) is 17.7 Å². The Balaban J connectivity index is 1.21. The van der Waals surface area contributed by atoms with Crippen molar-refractivity contribution in [3.05, 3.63) is 58.4 Å². The summed E-state index contributed by atoms with van der Waals surface area (Å²) in [5.74, 6) is -2.33. The molecule has 3 heterocycles. The van der Waals surface area contributed by atoms with Crippen LogP contribution < -0.4 is 20.7 Å². The Morgan fingerprint density at radius 1 is 1.11 bits per heavy atom. The van der Waals surface area contributed by atoms with E-state index in [9.17, 15) is 28.4 Å². The van der Waals surface area contributed by atoms with Gasteiger partial charge in [0.15, 0.2) is 6.79 Å². The molecule has 1 saturated heterocycles. The molecular formula is C24H21FN4O7. The van der Waals surface area contributed by atoms with Crippen molar-refractivity contribution < 1.29 is 37.8 Å². The molecule has 186 valence electrons. The van der Waals surface area contributed by atoms with Gasteiger partial charge in [-0.3, -0.25) is 29.4 Å². The third kappa shape index (κ3) is 4.38. The lowest BCUT2D eigenvalue weighted by Crippen LogP contribution is -2.54. The lowest BCUT2D eigenvalue weighted by molar-refractivity contribution is -0.136. The van der Waals surface area contributed by atoms with Crippen molar-refractivity contribution in [2.75, 3.05) is 18.7 Å². The molecule has 3 aliphatic rings. The van der Waals surface area contributed by atoms with Crippen LogP contribution in [0.1, 0.15) is 44.7 Å². The molecule has 0 spiro atoms. The first kappa shape index (κ1) is 23.4. The number of nitrogens with zero attached hydrogens (tertiary/aromatic N) is 1. The first-order valence-electron chi connectivity index (χ1n) is 11.2. The average molecular weight is 496 g/mol. The van der Waals surface area contributed by atoms with Crippen LogP contribution in [-0.4, -0.2) is 53.9 Å². The Morgan fingerprint density at radius 3 is 2.72 bits per heavy atom. The van der Waals surface area contributed by atoms with Gasteiger partial charge < -0.3 is 20.1 Å². The van der Waals surface area contributed by atoms with E-state index in [-0.39, 0.29) is 49.6 Å². The van der Waals surface area contributed by atoms with Crippen LogP contribution in [0.3, 0.4) is 0 Å². The highest BCUT2D eigenvalue weighted by Gasteiger charge is 2.44. The second kappa shape index (κ2) is 9.38. The molecule has 0 aliphatic carbocycles. The van der Waals surface area contributed by atoms with E-state index in [1.165, 1.54) is 30.3 Å². The van der Waals surface area contributed by atoms with Gasteiger partial charge >= 0.3 is 6.03 Å². The van der Waals surface area contributed by atoms with Crippen molar-refractivity contribution in [3.8, 4) is 5.75 Å². The molecule has 0 saturated carbocycles. The molecule has 0 bridgehead atoms. The number of fused-ring (bicyclic) bond motifs is 2. The molecular weight excluding hydrogens is 475 g/mol. The molecule has 11 nitrogen and oxygen atoms in total. The molecule has 1 unspecified atom stereocenters. The number of ether oxygens (including phenoxy) is 2. The number of carbonyl (C=O) groups excluding carboxylic acids is 5. The summed E-state index contributed by atoms with van der Waals surface area (Å²) in [6.45, 7) is 0.492. The maximum Gasteiger partial charge on any atom is 0.319 e. The van der Waals surface area contributed by atoms with Gasteiger partial charge in [0.1, 0.15) is 17.6 Å². The Kier molecular flexibility index (Phi) is 6.10. The molecule has 1 fully saturated rings. The number of urea groups is 1. The number of imide groups is 2. The number of amides is 6. The van der Waals surface area contributed by atoms with Crippen molar-refractivity contribution in [1.82, 2.24) is 15.5 Å². The molecule has 0 aromatic heterocycles. The monoisotopic (exact) mass is 496 g/mol. The van der Waals surface area contributed by atoms with Gasteiger partial charge in [0.25, 0.3) is 11.8 Å². The van der Waals surface area contributed by atoms with Crippen LogP contribution in [0.5, 0.6) is 5.75 Å². The minimum Gasteiger partial charge on any atom is -0.467 e. The first-order valence-corrected chi connectivity index (χ1v) is 11.2. The molecule has 3 aliphatic heterocycles. The van der Waals surface area contributed by atoms with E-state index in [2.05, 4.69) is 16.0 Å². The Hall–Kier alpha value is -4.32. The van der Waals surface area contributed by atoms with Gasteiger partial charge in [0.2, 0.25) is 11.8 Å². The number of hydrogen-bond acceptors (Lipinski definition) is 7. The van der Waals surface area contributed by atoms with Crippen LogP contribution in [0.15, 0.2) is 30.3 Å². The molecule has 1 atom stereocenters. The van der Waals surface area contributed by atoms with Crippen LogP contribution in [0, 0.1) is 5.82 Å². The molecule has 36 heavy (non-hydrogen) atoms. The summed E-state index contributed by atoms with van der Waals surface area (Å²) in [7, 11) is 0. The summed E-state index contributed by atoms with van der Waals surface area (Å²) in [5.41, 5.74) is 1.62. The van der Waals surface area contributed by atoms with Crippen molar-refractivity contribution in [2.45, 2.75) is 31.9 Å². The van der Waals surface area contributed by atoms with E-state index < -0.39 is 41.5 Å². The molecule has 6 amide bonds. The zero-order chi connectivity index (χ0) is 25.4. The van der Waals surface area contributed by atoms with Crippen LogP contribution >= 0.6 is 0 Å². The lowest BCUT2D eigenvalue weighted by Gasteiger charge is -2.27. The fourth-order valence-electron chi connectivity index (χ4n) is 4.48. The van der Waals surface area contributed by atoms with Crippen molar-refractivity contribution in [1.29, 1.82) is 0 Å². The molecule has 2 aromatic rings. The number of halogens is 1. The molecule has 12 heteroatoms. The molecule has 5 rings (SSSR count). The number of carbonyl (C=O) groups is 5. The number of piperidine rings is 1. The fourth-order valence-corrected chi connectivity index (χ4v) is 4.48. The van der Waals surface area contributed by atoms with Gasteiger partial charge in [-0.05, 0) is 48.7 Å². The summed E-state index contributed by atoms with van der Waals surface area (Å²) in [6, 6.07) is 5.28. The van der Waals surface area contributed by atoms with Crippen LogP contribution in [0.2, 0.25) is 0 Å². The maximum absolute atomic E-state index is 13.9. The van der Waals surface area contributed by atoms with Crippen molar-refractivity contribution in [3.63, 3.8) is 0 Å². The van der Waals surface area contributed by atoms with Gasteiger partial charge in [-0.25, -0.2) is 9.18 Å². The highest BCUT2D eigenvalue weighted by molar-refractivity contribution is 6.23. The highest BCUT2D eigenvalue weighted by atomic mass is 19.1. The van der Waals surface area contributed by atoms with Crippen LogP contribution in [-0.2, 0) is 27.4 Å². The summed E-state index contributed by atoms with van der Waals surface area (Å²) in [4.78, 5) is 62.5. The number of benzene rings is 2. The third-order valence-electron chi connectivity index (χ3n) is 6.13. The Bertz CT molecular complexity index is 1310. The SMILES string of the molecule is O=C1CCC(N2C(=O)c3ccc(NC(=O)NCCc4cc(F)cc5c4OCOC5)cc3C2=O)C(=O)N1. The smallest absolute Gasteiger partial charge is 0.319 e. The molecule has 3 N–H and O–H groups in total. The maximum atomic E-state index is 13.9. The summed E-state index contributed by atoms with van der Waals surface area (Å²) >= 11 is 0. The summed E-state index contributed by atoms with van der Waals surface area (Å²) in [5, 5.41) is 7.39. The molecule has 2 aromatic carbocycles. The van der Waals surface area contributed by atoms with E-state index in [4.69, 9.17) is 9.47 Å². The summed E-state index contributed by atoms with van der Waals surface area (Å²) < 4.78 is 24.5. The zero-order valence-corrected chi connectivity index (χ0v) is 18.9. The third-order valence-corrected chi connectivity index (χ3v) is 6.13. The lowest BCUT2D eigenvalue weighted by atomic mass is 10.0. The Labute approximate surface area is 203 Å². The van der Waals surface area contributed by atoms with E-state index in [0.29, 0.717) is 23.3 Å². The van der Waals surface area contributed by atoms with Crippen molar-refractivity contribution in [2.24, 2.45) is 0 Å². The van der Waals surface area contributed by atoms with Crippen molar-refractivity contribution >= 4 is 35.3 Å². The van der Waals surface area contributed by atoms with Crippen LogP contribution in [0.25, 0.3) is 0 Å². The van der Waals surface area contributed by atoms with Crippen LogP contribution in [0.4, 0.5) is 14.9 Å². The number of anilines is 1. The van der Waals surface area contributed by atoms with Gasteiger partial charge in [-0.1, -0.05) is 0 Å². The first-order chi connectivity index (χ1) is 17.3. The predicted molar refractivity (Wildman–Crippen MR) is 121 cm³/mol. The fraction of sp³-hybridized carbons (Fsp3) is 0.292. The normalized spacial score (nSPS) is 18.8. The number of nitrogens with one attached hydrogen (secondary N) is 3. The van der Waals surface area contributed by atoms with E-state index in [1.54, 1.807) is 0 Å². The Morgan fingerprint density at radius 2 is 1.92 bits per heavy atom. The zero-order valence-electron chi connectivity index (χ0n) is 18.9. The minimum atomic E-state index is -1.07. The average Bonchev–Trinajstić information content (AvgIpc) is 3.08. The number of rotatable bonds is 5. The quantitative estimate of drug-likeness (QED) is 0.532. The highest BCUT2D eigenvalue weighted by Crippen LogP contribution is 2.31. The minimum absolute atomic E-state index is 0.0229. The van der Waals surface area contributed by atoms with Gasteiger partial charge in [0, 0.05) is 24.2 Å². The van der Waals surface area contributed by atoms with Gasteiger partial charge in [-0.15, -0.1) is 0 Å². The largest absolute Gasteiger partial charge is 0.467 e. The number of hydrogen-bond donors (Lipinski definition) is 3. The second-order valence-corrected chi connectivity index (χ2v) is 8.50. The molecule has 0 radical (unpaired) electrons. The van der Waals surface area contributed by atoms with E-state index >= 15 is 0 Å². The topological polar surface area (TPSA) is 143 Å². The second-order valence-electron chi connectivity index (χ2n) is 8.50. The standard InChI is InChI=1S/C24H21FN4O7/c25-14-7-12(20-13(8-14)10-35-11-36-20)5-6-26-24(34)27-15-1-2-16-17(9-15)23(33)29(22(16)32)18-3-4-19(30)28-21(18)31/h1-2,7-9,18H,3-6,10-11H2,(H2,26,27,34)(H,28,30,31). The van der Waals surface area contributed by atoms with Gasteiger partial charge in [-0.2, -0.15) is 0 Å². The summed E-state index contributed by atoms with van der Waals surface area (Å²) in [6.07, 6.45) is 0.386. The van der Waals surface area contributed by atoms with E-state index in [1.807, 2.05) is 0 Å².